The maximum absolute atomic E-state index is 10.7. The number of nitrogens with two attached hydrogens (primary N) is 2. The first kappa shape index (κ1) is 20.3. The van der Waals surface area contributed by atoms with Crippen molar-refractivity contribution in [2.45, 2.75) is 29.7 Å². The highest BCUT2D eigenvalue weighted by Crippen LogP contribution is 2.38. The molecule has 0 atom stereocenters. The van der Waals surface area contributed by atoms with Crippen LogP contribution in [0.3, 0.4) is 0 Å². The molecule has 150 valence electrons. The van der Waals surface area contributed by atoms with Gasteiger partial charge in [-0.1, -0.05) is 36.4 Å². The Labute approximate surface area is 172 Å². The Morgan fingerprint density at radius 3 is 2.75 bits per heavy atom. The van der Waals surface area contributed by atoms with Crippen LogP contribution in [0.15, 0.2) is 34.3 Å². The van der Waals surface area contributed by atoms with Crippen molar-refractivity contribution in [2.24, 2.45) is 5.41 Å². The molecule has 0 radical (unpaired) electrons. The smallest absolute Gasteiger partial charge is 0.404 e. The van der Waals surface area contributed by atoms with Gasteiger partial charge in [0.25, 0.3) is 0 Å². The van der Waals surface area contributed by atoms with Crippen molar-refractivity contribution in [3.8, 4) is 0 Å². The van der Waals surface area contributed by atoms with E-state index in [0.717, 1.165) is 30.8 Å². The van der Waals surface area contributed by atoms with Crippen molar-refractivity contribution in [1.29, 1.82) is 0 Å². The molecule has 1 fully saturated rings. The second kappa shape index (κ2) is 8.32. The van der Waals surface area contributed by atoms with Crippen LogP contribution >= 0.6 is 23.4 Å². The third kappa shape index (κ3) is 4.71. The molecule has 1 aliphatic rings. The van der Waals surface area contributed by atoms with Crippen LogP contribution in [0.5, 0.6) is 0 Å². The molecule has 10 heteroatoms. The van der Waals surface area contributed by atoms with E-state index in [4.69, 9.17) is 28.2 Å². The number of nitrogen functional groups attached to an aromatic ring is 2. The lowest BCUT2D eigenvalue weighted by molar-refractivity contribution is 0.178. The first-order valence-electron chi connectivity index (χ1n) is 8.83. The molecular weight excluding hydrogens is 400 g/mol. The number of amides is 1. The largest absolute Gasteiger partial charge is 0.465 e. The molecule has 0 unspecified atom stereocenters. The van der Waals surface area contributed by atoms with Gasteiger partial charge >= 0.3 is 6.09 Å². The molecule has 0 bridgehead atoms. The second-order valence-electron chi connectivity index (χ2n) is 7.14. The lowest BCUT2D eigenvalue weighted by Gasteiger charge is -2.39. The molecule has 28 heavy (non-hydrogen) atoms. The molecule has 0 spiro atoms. The predicted molar refractivity (Wildman–Crippen MR) is 112 cm³/mol. The number of nitrogens with zero attached hydrogens (tertiary/aromatic N) is 3. The molecule has 2 aromatic rings. The molecule has 1 amide bonds. The van der Waals surface area contributed by atoms with Crippen molar-refractivity contribution in [1.82, 2.24) is 15.3 Å². The Balaban J connectivity index is 1.66. The number of anilines is 3. The van der Waals surface area contributed by atoms with Gasteiger partial charge in [-0.05, 0) is 30.4 Å². The number of piperidine rings is 1. The zero-order valence-electron chi connectivity index (χ0n) is 15.5. The Morgan fingerprint density at radius 2 is 2.11 bits per heavy atom. The molecule has 1 aliphatic heterocycles. The minimum absolute atomic E-state index is 0.0619. The highest BCUT2D eigenvalue weighted by Gasteiger charge is 2.31. The van der Waals surface area contributed by atoms with E-state index in [1.807, 2.05) is 12.1 Å². The van der Waals surface area contributed by atoms with Gasteiger partial charge in [0.2, 0.25) is 0 Å². The first-order chi connectivity index (χ1) is 13.3. The maximum atomic E-state index is 10.7. The zero-order valence-corrected chi connectivity index (χ0v) is 17.1. The number of hydrogen-bond donors (Lipinski definition) is 4. The van der Waals surface area contributed by atoms with Gasteiger partial charge in [-0.25, -0.2) is 14.8 Å². The summed E-state index contributed by atoms with van der Waals surface area (Å²) < 4.78 is 0. The van der Waals surface area contributed by atoms with Crippen LogP contribution in [0.2, 0.25) is 5.02 Å². The lowest BCUT2D eigenvalue weighted by atomic mass is 9.80. The van der Waals surface area contributed by atoms with Crippen molar-refractivity contribution in [3.63, 3.8) is 0 Å². The Kier molecular flexibility index (Phi) is 6.04. The quantitative estimate of drug-likeness (QED) is 0.539. The topological polar surface area (TPSA) is 130 Å². The van der Waals surface area contributed by atoms with Crippen LogP contribution in [0, 0.1) is 5.41 Å². The van der Waals surface area contributed by atoms with E-state index in [1.165, 1.54) is 11.8 Å². The summed E-state index contributed by atoms with van der Waals surface area (Å²) in [4.78, 5) is 22.6. The second-order valence-corrected chi connectivity index (χ2v) is 8.55. The van der Waals surface area contributed by atoms with Crippen molar-refractivity contribution in [3.05, 3.63) is 29.4 Å². The molecule has 8 nitrogen and oxygen atoms in total. The van der Waals surface area contributed by atoms with Crippen molar-refractivity contribution in [2.75, 3.05) is 36.0 Å². The maximum Gasteiger partial charge on any atom is 0.404 e. The van der Waals surface area contributed by atoms with Crippen LogP contribution in [0.25, 0.3) is 0 Å². The van der Waals surface area contributed by atoms with Crippen LogP contribution in [-0.2, 0) is 0 Å². The summed E-state index contributed by atoms with van der Waals surface area (Å²) in [7, 11) is 0. The third-order valence-electron chi connectivity index (χ3n) is 4.91. The van der Waals surface area contributed by atoms with E-state index >= 15 is 0 Å². The highest BCUT2D eigenvalue weighted by atomic mass is 35.5. The molecule has 0 saturated carbocycles. The average molecular weight is 423 g/mol. The number of nitrogens with one attached hydrogen (secondary N) is 1. The predicted octanol–water partition coefficient (Wildman–Crippen LogP) is 3.32. The van der Waals surface area contributed by atoms with Gasteiger partial charge in [0, 0.05) is 24.5 Å². The summed E-state index contributed by atoms with van der Waals surface area (Å²) in [6.07, 6.45) is 2.42. The fourth-order valence-corrected chi connectivity index (χ4v) is 4.13. The van der Waals surface area contributed by atoms with Crippen LogP contribution in [0.1, 0.15) is 19.8 Å². The summed E-state index contributed by atoms with van der Waals surface area (Å²) >= 11 is 7.56. The molecular formula is C18H23ClN6O2S. The van der Waals surface area contributed by atoms with Crippen molar-refractivity contribution < 1.29 is 9.90 Å². The van der Waals surface area contributed by atoms with Gasteiger partial charge in [0.15, 0.2) is 5.82 Å². The first-order valence-corrected chi connectivity index (χ1v) is 10.0. The van der Waals surface area contributed by atoms with Gasteiger partial charge in [0.05, 0.1) is 16.9 Å². The van der Waals surface area contributed by atoms with Crippen LogP contribution in [-0.4, -0.2) is 40.8 Å². The van der Waals surface area contributed by atoms with Gasteiger partial charge < -0.3 is 26.8 Å². The summed E-state index contributed by atoms with van der Waals surface area (Å²) in [5, 5.41) is 12.3. The molecule has 1 aromatic carbocycles. The number of benzene rings is 1. The number of hydrogen-bond acceptors (Lipinski definition) is 7. The van der Waals surface area contributed by atoms with Gasteiger partial charge in [-0.15, -0.1) is 0 Å². The number of carbonyl (C=O) groups is 1. The molecule has 3 rings (SSSR count). The summed E-state index contributed by atoms with van der Waals surface area (Å²) in [5.74, 6) is 1.05. The molecule has 1 aromatic heterocycles. The molecule has 2 heterocycles. The third-order valence-corrected chi connectivity index (χ3v) is 6.51. The van der Waals surface area contributed by atoms with Crippen LogP contribution in [0.4, 0.5) is 22.1 Å². The van der Waals surface area contributed by atoms with Gasteiger partial charge in [-0.3, -0.25) is 0 Å². The fourth-order valence-electron chi connectivity index (χ4n) is 3.07. The number of rotatable bonds is 5. The molecule has 6 N–H and O–H groups in total. The Hall–Kier alpha value is -2.39. The molecule has 1 saturated heterocycles. The van der Waals surface area contributed by atoms with Crippen molar-refractivity contribution >= 4 is 46.8 Å². The average Bonchev–Trinajstić information content (AvgIpc) is 2.66. The van der Waals surface area contributed by atoms with Gasteiger partial charge in [0.1, 0.15) is 10.8 Å². The monoisotopic (exact) mass is 422 g/mol. The minimum atomic E-state index is -0.990. The number of aromatic nitrogens is 2. The summed E-state index contributed by atoms with van der Waals surface area (Å²) in [6, 6.07) is 5.42. The van der Waals surface area contributed by atoms with E-state index in [9.17, 15) is 4.79 Å². The van der Waals surface area contributed by atoms with E-state index in [2.05, 4.69) is 27.1 Å². The summed E-state index contributed by atoms with van der Waals surface area (Å²) in [5.41, 5.74) is 12.4. The Morgan fingerprint density at radius 1 is 1.39 bits per heavy atom. The normalized spacial score (nSPS) is 16.0. The number of carboxylic acid groups (broad SMARTS) is 1. The van der Waals surface area contributed by atoms with Crippen LogP contribution < -0.4 is 21.7 Å². The van der Waals surface area contributed by atoms with E-state index in [-0.39, 0.29) is 5.41 Å². The van der Waals surface area contributed by atoms with E-state index < -0.39 is 6.09 Å². The zero-order chi connectivity index (χ0) is 20.3. The molecule has 0 aliphatic carbocycles. The Bertz CT molecular complexity index is 873. The highest BCUT2D eigenvalue weighted by molar-refractivity contribution is 7.99. The van der Waals surface area contributed by atoms with E-state index in [0.29, 0.717) is 33.9 Å². The van der Waals surface area contributed by atoms with Gasteiger partial charge in [-0.2, -0.15) is 0 Å². The summed E-state index contributed by atoms with van der Waals surface area (Å²) in [6.45, 7) is 4.06. The fraction of sp³-hybridized carbons (Fsp3) is 0.389. The standard InChI is InChI=1S/C18H23ClN6O2S/c1-18(10-23-17(26)27)5-7-25(8-6-18)13-9-22-16(15(21)24-13)28-12-4-2-3-11(20)14(12)19/h2-4,9,23H,5-8,10,20H2,1H3,(H2,21,24)(H,26,27). The lowest BCUT2D eigenvalue weighted by Crippen LogP contribution is -2.44. The number of halogens is 1. The SMILES string of the molecule is CC1(CNC(=O)O)CCN(c2cnc(Sc3cccc(N)c3Cl)c(N)n2)CC1. The minimum Gasteiger partial charge on any atom is -0.465 e. The van der Waals surface area contributed by atoms with E-state index in [1.54, 1.807) is 12.3 Å².